The van der Waals surface area contributed by atoms with E-state index in [1.54, 1.807) is 0 Å². The van der Waals surface area contributed by atoms with Crippen molar-refractivity contribution in [3.05, 3.63) is 24.3 Å². The normalized spacial score (nSPS) is 20.2. The number of hydrogen-bond acceptors (Lipinski definition) is 1. The smallest absolute Gasteiger partial charge is 0.000835 e. The van der Waals surface area contributed by atoms with E-state index in [0.717, 1.165) is 25.9 Å². The third-order valence-corrected chi connectivity index (χ3v) is 1.58. The van der Waals surface area contributed by atoms with Crippen LogP contribution in [0.1, 0.15) is 12.8 Å². The van der Waals surface area contributed by atoms with Crippen molar-refractivity contribution < 1.29 is 0 Å². The van der Waals surface area contributed by atoms with Crippen LogP contribution in [0, 0.1) is 0 Å². The molecule has 1 nitrogen and oxygen atoms in total. The second kappa shape index (κ2) is 3.46. The molecule has 0 atom stereocenters. The Bertz CT molecular complexity index is 125. The van der Waals surface area contributed by atoms with Gasteiger partial charge in [0.1, 0.15) is 0 Å². The molecule has 0 aromatic carbocycles. The van der Waals surface area contributed by atoms with Crippen molar-refractivity contribution in [3.63, 3.8) is 0 Å². The van der Waals surface area contributed by atoms with Crippen LogP contribution in [0.2, 0.25) is 0 Å². The van der Waals surface area contributed by atoms with Crippen molar-refractivity contribution >= 4 is 0 Å². The quantitative estimate of drug-likeness (QED) is 0.557. The summed E-state index contributed by atoms with van der Waals surface area (Å²) in [5.74, 6) is 0. The second-order valence-corrected chi connectivity index (χ2v) is 2.27. The maximum absolute atomic E-state index is 3.73. The second-order valence-electron chi connectivity index (χ2n) is 2.27. The fourth-order valence-electron chi connectivity index (χ4n) is 1.00. The number of rotatable bonds is 1. The highest BCUT2D eigenvalue weighted by atomic mass is 14.8. The molecule has 1 aliphatic rings. The predicted molar refractivity (Wildman–Crippen MR) is 40.4 cm³/mol. The van der Waals surface area contributed by atoms with Crippen LogP contribution in [0.5, 0.6) is 0 Å². The van der Waals surface area contributed by atoms with Crippen molar-refractivity contribution in [2.45, 2.75) is 12.8 Å². The highest BCUT2D eigenvalue weighted by Gasteiger charge is 1.95. The van der Waals surface area contributed by atoms with Crippen molar-refractivity contribution in [2.24, 2.45) is 0 Å². The Morgan fingerprint density at radius 3 is 3.22 bits per heavy atom. The first-order valence-corrected chi connectivity index (χ1v) is 3.45. The summed E-state index contributed by atoms with van der Waals surface area (Å²) in [4.78, 5) is 0. The summed E-state index contributed by atoms with van der Waals surface area (Å²) in [5, 5.41) is 3.31. The average molecular weight is 123 g/mol. The molecule has 0 radical (unpaired) electrons. The predicted octanol–water partition coefficient (Wildman–Crippen LogP) is 1.48. The van der Waals surface area contributed by atoms with E-state index in [2.05, 4.69) is 18.0 Å². The van der Waals surface area contributed by atoms with Gasteiger partial charge in [-0.25, -0.2) is 0 Å². The summed E-state index contributed by atoms with van der Waals surface area (Å²) in [6.45, 7) is 5.96. The fourth-order valence-corrected chi connectivity index (χ4v) is 1.00. The lowest BCUT2D eigenvalue weighted by Crippen LogP contribution is -2.13. The fraction of sp³-hybridized carbons (Fsp3) is 0.500. The van der Waals surface area contributed by atoms with Crippen LogP contribution in [0.3, 0.4) is 0 Å². The average Bonchev–Trinajstić information content (AvgIpc) is 2.13. The van der Waals surface area contributed by atoms with E-state index >= 15 is 0 Å². The summed E-state index contributed by atoms with van der Waals surface area (Å²) in [6, 6.07) is 0. The van der Waals surface area contributed by atoms with Crippen LogP contribution in [0.25, 0.3) is 0 Å². The molecule has 0 unspecified atom stereocenters. The minimum Gasteiger partial charge on any atom is -0.316 e. The molecule has 0 saturated heterocycles. The topological polar surface area (TPSA) is 12.0 Å². The van der Waals surface area contributed by atoms with Gasteiger partial charge in [-0.1, -0.05) is 24.3 Å². The molecule has 0 saturated carbocycles. The molecule has 1 rings (SSSR count). The monoisotopic (exact) mass is 123 g/mol. The van der Waals surface area contributed by atoms with Gasteiger partial charge in [-0.3, -0.25) is 0 Å². The summed E-state index contributed by atoms with van der Waals surface area (Å²) in [6.07, 6.45) is 6.50. The summed E-state index contributed by atoms with van der Waals surface area (Å²) < 4.78 is 0. The summed E-state index contributed by atoms with van der Waals surface area (Å²) in [7, 11) is 0. The Balaban J connectivity index is 2.46. The summed E-state index contributed by atoms with van der Waals surface area (Å²) in [5.41, 5.74) is 1.39. The van der Waals surface area contributed by atoms with Gasteiger partial charge < -0.3 is 5.32 Å². The van der Waals surface area contributed by atoms with Crippen LogP contribution in [0.4, 0.5) is 0 Å². The van der Waals surface area contributed by atoms with E-state index in [1.165, 1.54) is 5.57 Å². The Kier molecular flexibility index (Phi) is 2.52. The molecule has 0 spiro atoms. The van der Waals surface area contributed by atoms with Gasteiger partial charge in [-0.05, 0) is 25.9 Å². The molecule has 0 aromatic rings. The maximum atomic E-state index is 3.73. The van der Waals surface area contributed by atoms with Gasteiger partial charge in [0.2, 0.25) is 0 Å². The van der Waals surface area contributed by atoms with Crippen molar-refractivity contribution in [1.82, 2.24) is 5.32 Å². The molecular formula is C8H13N. The lowest BCUT2D eigenvalue weighted by molar-refractivity contribution is 0.713. The van der Waals surface area contributed by atoms with Gasteiger partial charge in [-0.2, -0.15) is 0 Å². The first-order chi connectivity index (χ1) is 4.43. The molecule has 0 fully saturated rings. The van der Waals surface area contributed by atoms with Gasteiger partial charge in [0, 0.05) is 0 Å². The van der Waals surface area contributed by atoms with E-state index in [4.69, 9.17) is 0 Å². The molecule has 1 N–H and O–H groups in total. The molecule has 0 aromatic heterocycles. The van der Waals surface area contributed by atoms with Gasteiger partial charge in [0.15, 0.2) is 0 Å². The molecule has 1 heteroatoms. The molecular weight excluding hydrogens is 110 g/mol. The van der Waals surface area contributed by atoms with Crippen LogP contribution in [-0.2, 0) is 0 Å². The SMILES string of the molecule is C=CC1=CCCNCC1. The molecule has 1 aliphatic heterocycles. The number of nitrogens with one attached hydrogen (secondary N) is 1. The third-order valence-electron chi connectivity index (χ3n) is 1.58. The maximum Gasteiger partial charge on any atom is -0.000835 e. The van der Waals surface area contributed by atoms with Crippen LogP contribution >= 0.6 is 0 Å². The minimum atomic E-state index is 1.11. The Morgan fingerprint density at radius 2 is 2.44 bits per heavy atom. The first-order valence-electron chi connectivity index (χ1n) is 3.45. The van der Waals surface area contributed by atoms with E-state index in [0.29, 0.717) is 0 Å². The first kappa shape index (κ1) is 6.56. The zero-order valence-electron chi connectivity index (χ0n) is 5.69. The minimum absolute atomic E-state index is 1.11. The van der Waals surface area contributed by atoms with E-state index in [-0.39, 0.29) is 0 Å². The van der Waals surface area contributed by atoms with Gasteiger partial charge in [0.05, 0.1) is 0 Å². The zero-order valence-corrected chi connectivity index (χ0v) is 5.69. The standard InChI is InChI=1S/C8H13N/c1-2-8-4-3-6-9-7-5-8/h2,4,9H,1,3,5-7H2. The van der Waals surface area contributed by atoms with Gasteiger partial charge >= 0.3 is 0 Å². The van der Waals surface area contributed by atoms with Crippen molar-refractivity contribution in [3.8, 4) is 0 Å². The zero-order chi connectivity index (χ0) is 6.53. The van der Waals surface area contributed by atoms with Crippen LogP contribution < -0.4 is 5.32 Å². The largest absolute Gasteiger partial charge is 0.316 e. The van der Waals surface area contributed by atoms with Crippen molar-refractivity contribution in [1.29, 1.82) is 0 Å². The van der Waals surface area contributed by atoms with Gasteiger partial charge in [0.25, 0.3) is 0 Å². The highest BCUT2D eigenvalue weighted by molar-refractivity contribution is 5.17. The van der Waals surface area contributed by atoms with Crippen LogP contribution in [-0.4, -0.2) is 13.1 Å². The molecule has 9 heavy (non-hydrogen) atoms. The Hall–Kier alpha value is -0.560. The van der Waals surface area contributed by atoms with Gasteiger partial charge in [-0.15, -0.1) is 0 Å². The Morgan fingerprint density at radius 1 is 1.56 bits per heavy atom. The third kappa shape index (κ3) is 2.02. The number of hydrogen-bond donors (Lipinski definition) is 1. The molecule has 0 amide bonds. The lowest BCUT2D eigenvalue weighted by Gasteiger charge is -1.95. The molecule has 1 heterocycles. The van der Waals surface area contributed by atoms with E-state index < -0.39 is 0 Å². The lowest BCUT2D eigenvalue weighted by atomic mass is 10.2. The highest BCUT2D eigenvalue weighted by Crippen LogP contribution is 2.04. The van der Waals surface area contributed by atoms with Crippen molar-refractivity contribution in [2.75, 3.05) is 13.1 Å². The van der Waals surface area contributed by atoms with Crippen LogP contribution in [0.15, 0.2) is 24.3 Å². The molecule has 50 valence electrons. The number of allylic oxidation sites excluding steroid dienone is 1. The molecule has 0 bridgehead atoms. The Labute approximate surface area is 56.5 Å². The summed E-state index contributed by atoms with van der Waals surface area (Å²) >= 11 is 0. The van der Waals surface area contributed by atoms with E-state index in [1.807, 2.05) is 6.08 Å². The van der Waals surface area contributed by atoms with E-state index in [9.17, 15) is 0 Å². The molecule has 0 aliphatic carbocycles.